The molecule has 1 aromatic heterocycles. The van der Waals surface area contributed by atoms with Gasteiger partial charge in [0.25, 0.3) is 0 Å². The molecule has 0 spiro atoms. The summed E-state index contributed by atoms with van der Waals surface area (Å²) in [5.74, 6) is 1.81. The minimum atomic E-state index is -0.297. The Labute approximate surface area is 204 Å². The van der Waals surface area contributed by atoms with Crippen molar-refractivity contribution in [2.45, 2.75) is 79.7 Å². The summed E-state index contributed by atoms with van der Waals surface area (Å²) in [5, 5.41) is 11.0. The van der Waals surface area contributed by atoms with Gasteiger partial charge in [0.1, 0.15) is 17.2 Å². The van der Waals surface area contributed by atoms with Crippen molar-refractivity contribution in [1.82, 2.24) is 9.88 Å². The molecule has 1 aliphatic rings. The molecule has 6 nitrogen and oxygen atoms in total. The van der Waals surface area contributed by atoms with E-state index in [9.17, 15) is 9.90 Å². The summed E-state index contributed by atoms with van der Waals surface area (Å²) < 4.78 is 5.84. The Morgan fingerprint density at radius 2 is 1.68 bits per heavy atom. The van der Waals surface area contributed by atoms with Gasteiger partial charge in [-0.15, -0.1) is 0 Å². The number of ether oxygens (including phenoxy) is 1. The van der Waals surface area contributed by atoms with Crippen LogP contribution >= 0.6 is 0 Å². The predicted molar refractivity (Wildman–Crippen MR) is 138 cm³/mol. The lowest BCUT2D eigenvalue weighted by molar-refractivity contribution is 0.0962. The lowest BCUT2D eigenvalue weighted by Crippen LogP contribution is -2.31. The maximum atomic E-state index is 13.6. The van der Waals surface area contributed by atoms with Crippen molar-refractivity contribution in [2.24, 2.45) is 4.99 Å². The lowest BCUT2D eigenvalue weighted by Gasteiger charge is -2.28. The maximum Gasteiger partial charge on any atom is 0.182 e. The number of phenols is 1. The van der Waals surface area contributed by atoms with Crippen LogP contribution in [0.15, 0.2) is 17.1 Å². The van der Waals surface area contributed by atoms with Crippen molar-refractivity contribution in [2.75, 3.05) is 20.2 Å². The molecule has 0 amide bonds. The standard InChI is InChI=1S/C28H39N3O3/c1-11-34-25-16(2)19-14-31(26(29-10)23(19)30-17(25)3)15-22(32)18-12-20(27(4,5)6)24(33)21(13-18)28(7,8)9/h12-13,33H,11,14-15H2,1-10H3. The molecule has 1 aromatic carbocycles. The Morgan fingerprint density at radius 1 is 1.12 bits per heavy atom. The van der Waals surface area contributed by atoms with Crippen molar-refractivity contribution >= 4 is 11.6 Å². The lowest BCUT2D eigenvalue weighted by atomic mass is 9.78. The van der Waals surface area contributed by atoms with Crippen LogP contribution in [0, 0.1) is 13.8 Å². The molecule has 0 bridgehead atoms. The first-order valence-electron chi connectivity index (χ1n) is 12.0. The van der Waals surface area contributed by atoms with Gasteiger partial charge in [-0.1, -0.05) is 41.5 Å². The Balaban J connectivity index is 2.01. The molecule has 1 N–H and O–H groups in total. The number of aromatic hydroxyl groups is 1. The highest BCUT2D eigenvalue weighted by Gasteiger charge is 2.33. The summed E-state index contributed by atoms with van der Waals surface area (Å²) in [6.45, 7) is 19.6. The van der Waals surface area contributed by atoms with E-state index in [0.717, 1.165) is 45.2 Å². The molecule has 0 fully saturated rings. The zero-order valence-electron chi connectivity index (χ0n) is 22.4. The van der Waals surface area contributed by atoms with E-state index >= 15 is 0 Å². The number of Topliss-reactive ketones (excluding diaryl/α,β-unsaturated/α-hetero) is 1. The largest absolute Gasteiger partial charge is 0.507 e. The molecule has 2 heterocycles. The Morgan fingerprint density at radius 3 is 2.15 bits per heavy atom. The summed E-state index contributed by atoms with van der Waals surface area (Å²) in [6, 6.07) is 3.69. The average Bonchev–Trinajstić information content (AvgIpc) is 3.06. The molecule has 34 heavy (non-hydrogen) atoms. The third kappa shape index (κ3) is 4.68. The van der Waals surface area contributed by atoms with E-state index in [1.165, 1.54) is 0 Å². The van der Waals surface area contributed by atoms with E-state index in [1.807, 2.05) is 37.8 Å². The number of pyridine rings is 1. The second kappa shape index (κ2) is 9.05. The van der Waals surface area contributed by atoms with Crippen molar-refractivity contribution in [3.8, 4) is 11.5 Å². The number of hydrogen-bond donors (Lipinski definition) is 1. The summed E-state index contributed by atoms with van der Waals surface area (Å²) in [7, 11) is 1.74. The number of benzene rings is 1. The van der Waals surface area contributed by atoms with Gasteiger partial charge in [0, 0.05) is 41.4 Å². The topological polar surface area (TPSA) is 75.0 Å². The van der Waals surface area contributed by atoms with E-state index in [4.69, 9.17) is 9.72 Å². The second-order valence-corrected chi connectivity index (χ2v) is 11.2. The van der Waals surface area contributed by atoms with Gasteiger partial charge < -0.3 is 14.7 Å². The normalized spacial score (nSPS) is 15.1. The van der Waals surface area contributed by atoms with Gasteiger partial charge in [0.15, 0.2) is 11.6 Å². The van der Waals surface area contributed by atoms with Crippen LogP contribution in [0.4, 0.5) is 0 Å². The summed E-state index contributed by atoms with van der Waals surface area (Å²) >= 11 is 0. The summed E-state index contributed by atoms with van der Waals surface area (Å²) in [4.78, 5) is 24.8. The smallest absolute Gasteiger partial charge is 0.182 e. The van der Waals surface area contributed by atoms with Gasteiger partial charge in [-0.05, 0) is 43.7 Å². The van der Waals surface area contributed by atoms with Crippen molar-refractivity contribution in [1.29, 1.82) is 0 Å². The highest BCUT2D eigenvalue weighted by Crippen LogP contribution is 2.40. The quantitative estimate of drug-likeness (QED) is 0.593. The van der Waals surface area contributed by atoms with Crippen molar-refractivity contribution < 1.29 is 14.6 Å². The number of carbonyl (C=O) groups excluding carboxylic acids is 1. The fourth-order valence-corrected chi connectivity index (χ4v) is 4.60. The van der Waals surface area contributed by atoms with Crippen LogP contribution in [0.3, 0.4) is 0 Å². The molecule has 0 saturated carbocycles. The van der Waals surface area contributed by atoms with E-state index in [2.05, 4.69) is 46.5 Å². The number of carbonyl (C=O) groups is 1. The molecule has 3 rings (SSSR count). The van der Waals surface area contributed by atoms with Crippen LogP contribution in [-0.4, -0.2) is 46.8 Å². The minimum absolute atomic E-state index is 0.00985. The summed E-state index contributed by atoms with van der Waals surface area (Å²) in [5.41, 5.74) is 5.34. The summed E-state index contributed by atoms with van der Waals surface area (Å²) in [6.07, 6.45) is 0. The second-order valence-electron chi connectivity index (χ2n) is 11.2. The van der Waals surface area contributed by atoms with Crippen molar-refractivity contribution in [3.63, 3.8) is 0 Å². The fourth-order valence-electron chi connectivity index (χ4n) is 4.60. The minimum Gasteiger partial charge on any atom is -0.507 e. The number of nitrogens with zero attached hydrogens (tertiary/aromatic N) is 3. The van der Waals surface area contributed by atoms with Crippen LogP contribution in [0.2, 0.25) is 0 Å². The van der Waals surface area contributed by atoms with Gasteiger partial charge in [0.2, 0.25) is 0 Å². The molecule has 2 aromatic rings. The number of rotatable bonds is 5. The molecule has 0 atom stereocenters. The van der Waals surface area contributed by atoms with E-state index in [-0.39, 0.29) is 28.9 Å². The molecule has 0 aliphatic carbocycles. The Hall–Kier alpha value is -2.89. The molecule has 0 unspecified atom stereocenters. The Kier molecular flexibility index (Phi) is 6.84. The van der Waals surface area contributed by atoms with Gasteiger partial charge in [0.05, 0.1) is 18.8 Å². The number of ketones is 1. The SMILES string of the molecule is CCOc1c(C)nc2c(c1C)CN(CC(=O)c1cc(C(C)(C)C)c(O)c(C(C)(C)C)c1)C2=NC. The number of phenolic OH excluding ortho intramolecular Hbond substituents is 1. The van der Waals surface area contributed by atoms with Crippen LogP contribution in [0.5, 0.6) is 11.5 Å². The van der Waals surface area contributed by atoms with Gasteiger partial charge in [-0.25, -0.2) is 4.98 Å². The zero-order chi connectivity index (χ0) is 25.6. The van der Waals surface area contributed by atoms with E-state index < -0.39 is 0 Å². The third-order valence-corrected chi connectivity index (χ3v) is 6.43. The molecule has 0 saturated heterocycles. The number of fused-ring (bicyclic) bond motifs is 1. The van der Waals surface area contributed by atoms with Crippen LogP contribution in [0.1, 0.15) is 92.5 Å². The molecule has 184 valence electrons. The van der Waals surface area contributed by atoms with Crippen LogP contribution in [-0.2, 0) is 17.4 Å². The number of aryl methyl sites for hydroxylation is 1. The monoisotopic (exact) mass is 465 g/mol. The third-order valence-electron chi connectivity index (χ3n) is 6.43. The number of amidine groups is 1. The van der Waals surface area contributed by atoms with Gasteiger partial charge in [-0.2, -0.15) is 0 Å². The highest BCUT2D eigenvalue weighted by atomic mass is 16.5. The molecule has 6 heteroatoms. The first-order chi connectivity index (χ1) is 15.7. The number of hydrogen-bond acceptors (Lipinski definition) is 5. The first kappa shape index (κ1) is 25.7. The maximum absolute atomic E-state index is 13.6. The van der Waals surface area contributed by atoms with E-state index in [0.29, 0.717) is 18.7 Å². The van der Waals surface area contributed by atoms with E-state index in [1.54, 1.807) is 7.05 Å². The van der Waals surface area contributed by atoms with Gasteiger partial charge >= 0.3 is 0 Å². The predicted octanol–water partition coefficient (Wildman–Crippen LogP) is 5.47. The molecular weight excluding hydrogens is 426 g/mol. The fraction of sp³-hybridized carbons (Fsp3) is 0.536. The molecule has 0 radical (unpaired) electrons. The van der Waals surface area contributed by atoms with Gasteiger partial charge in [-0.3, -0.25) is 9.79 Å². The van der Waals surface area contributed by atoms with Crippen LogP contribution < -0.4 is 4.74 Å². The van der Waals surface area contributed by atoms with Crippen LogP contribution in [0.25, 0.3) is 0 Å². The number of aromatic nitrogens is 1. The van der Waals surface area contributed by atoms with Crippen molar-refractivity contribution in [3.05, 3.63) is 51.3 Å². The Bertz CT molecular complexity index is 1120. The number of aliphatic imine (C=N–C) groups is 1. The average molecular weight is 466 g/mol. The molecule has 1 aliphatic heterocycles. The first-order valence-corrected chi connectivity index (χ1v) is 12.0. The zero-order valence-corrected chi connectivity index (χ0v) is 22.4. The highest BCUT2D eigenvalue weighted by molar-refractivity contribution is 6.06. The molecular formula is C28H39N3O3.